The van der Waals surface area contributed by atoms with E-state index >= 15 is 0 Å². The summed E-state index contributed by atoms with van der Waals surface area (Å²) < 4.78 is 0.753. The first kappa shape index (κ1) is 14.5. The lowest BCUT2D eigenvalue weighted by molar-refractivity contribution is -0.130. The lowest BCUT2D eigenvalue weighted by atomic mass is 10.1. The van der Waals surface area contributed by atoms with Gasteiger partial charge >= 0.3 is 0 Å². The molecule has 0 spiro atoms. The molecule has 1 rings (SSSR count). The second-order valence-electron chi connectivity index (χ2n) is 4.21. The average Bonchev–Trinajstić information content (AvgIpc) is 2.64. The van der Waals surface area contributed by atoms with E-state index in [4.69, 9.17) is 17.3 Å². The van der Waals surface area contributed by atoms with Crippen LogP contribution in [0.25, 0.3) is 0 Å². The third-order valence-corrected chi connectivity index (χ3v) is 3.76. The summed E-state index contributed by atoms with van der Waals surface area (Å²) >= 11 is 7.35. The Morgan fingerprint density at radius 1 is 1.59 bits per heavy atom. The van der Waals surface area contributed by atoms with Crippen molar-refractivity contribution in [3.63, 3.8) is 0 Å². The number of carbonyl (C=O) groups is 1. The van der Waals surface area contributed by atoms with Gasteiger partial charge in [-0.15, -0.1) is 11.3 Å². The van der Waals surface area contributed by atoms with Gasteiger partial charge in [-0.1, -0.05) is 24.9 Å². The zero-order valence-electron chi connectivity index (χ0n) is 10.3. The number of rotatable bonds is 6. The molecule has 1 amide bonds. The summed E-state index contributed by atoms with van der Waals surface area (Å²) in [6.07, 6.45) is 2.33. The van der Waals surface area contributed by atoms with Crippen molar-refractivity contribution < 1.29 is 4.79 Å². The fourth-order valence-corrected chi connectivity index (χ4v) is 2.75. The highest BCUT2D eigenvalue weighted by molar-refractivity contribution is 7.16. The van der Waals surface area contributed by atoms with Gasteiger partial charge in [-0.2, -0.15) is 0 Å². The lowest BCUT2D eigenvalue weighted by Gasteiger charge is -2.18. The highest BCUT2D eigenvalue weighted by Crippen LogP contribution is 2.22. The number of carbonyl (C=O) groups excluding carboxylic acids is 1. The third kappa shape index (κ3) is 5.06. The average molecular weight is 275 g/mol. The van der Waals surface area contributed by atoms with Crippen LogP contribution in [0.1, 0.15) is 31.1 Å². The van der Waals surface area contributed by atoms with Crippen molar-refractivity contribution >= 4 is 28.8 Å². The first-order valence-corrected chi connectivity index (χ1v) is 6.96. The zero-order chi connectivity index (χ0) is 12.8. The van der Waals surface area contributed by atoms with E-state index in [1.165, 1.54) is 11.3 Å². The Labute approximate surface area is 112 Å². The van der Waals surface area contributed by atoms with Crippen LogP contribution in [0, 0.1) is 0 Å². The van der Waals surface area contributed by atoms with Crippen LogP contribution < -0.4 is 5.73 Å². The quantitative estimate of drug-likeness (QED) is 0.867. The van der Waals surface area contributed by atoms with E-state index in [0.717, 1.165) is 22.1 Å². The predicted molar refractivity (Wildman–Crippen MR) is 73.3 cm³/mol. The Balaban J connectivity index is 2.41. The van der Waals surface area contributed by atoms with E-state index < -0.39 is 0 Å². The highest BCUT2D eigenvalue weighted by atomic mass is 35.5. The number of hydrogen-bond acceptors (Lipinski definition) is 3. The van der Waals surface area contributed by atoms with Gasteiger partial charge in [0.05, 0.1) is 10.9 Å². The van der Waals surface area contributed by atoms with Crippen LogP contribution in [0.5, 0.6) is 0 Å². The Kier molecular flexibility index (Phi) is 5.95. The molecule has 1 aromatic heterocycles. The number of nitrogens with zero attached hydrogens (tertiary/aromatic N) is 1. The highest BCUT2D eigenvalue weighted by Gasteiger charge is 2.14. The van der Waals surface area contributed by atoms with Crippen LogP contribution >= 0.6 is 22.9 Å². The maximum atomic E-state index is 11.9. The van der Waals surface area contributed by atoms with E-state index in [1.54, 1.807) is 11.9 Å². The molecule has 0 radical (unpaired) electrons. The molecule has 96 valence electrons. The molecule has 0 fully saturated rings. The molecule has 0 aliphatic rings. The molecule has 1 atom stereocenters. The minimum atomic E-state index is -0.0260. The van der Waals surface area contributed by atoms with Gasteiger partial charge in [-0.05, 0) is 18.6 Å². The molecule has 1 unspecified atom stereocenters. The largest absolute Gasteiger partial charge is 0.341 e. The molecule has 1 aromatic rings. The van der Waals surface area contributed by atoms with Crippen molar-refractivity contribution in [3.05, 3.63) is 21.3 Å². The smallest absolute Gasteiger partial charge is 0.224 e. The van der Waals surface area contributed by atoms with E-state index in [2.05, 4.69) is 6.92 Å². The summed E-state index contributed by atoms with van der Waals surface area (Å²) in [5.74, 6) is 0.0930. The molecule has 17 heavy (non-hydrogen) atoms. The standard InChI is InChI=1S/C12H19ClN2OS/c1-3-4-9(14)7-12(16)15(2)8-10-5-6-11(13)17-10/h5-6,9H,3-4,7-8,14H2,1-2H3. The molecule has 0 saturated heterocycles. The van der Waals surface area contributed by atoms with E-state index in [0.29, 0.717) is 13.0 Å². The minimum absolute atomic E-state index is 0.0260. The van der Waals surface area contributed by atoms with Crippen LogP contribution in [0.3, 0.4) is 0 Å². The number of halogens is 1. The molecular formula is C12H19ClN2OS. The van der Waals surface area contributed by atoms with Crippen molar-refractivity contribution in [2.24, 2.45) is 5.73 Å². The van der Waals surface area contributed by atoms with Gasteiger partial charge in [-0.25, -0.2) is 0 Å². The van der Waals surface area contributed by atoms with Crippen molar-refractivity contribution in [1.82, 2.24) is 4.90 Å². The number of hydrogen-bond donors (Lipinski definition) is 1. The second kappa shape index (κ2) is 6.99. The summed E-state index contributed by atoms with van der Waals surface area (Å²) in [6, 6.07) is 3.77. The van der Waals surface area contributed by atoms with Crippen LogP contribution in [0.4, 0.5) is 0 Å². The van der Waals surface area contributed by atoms with Crippen molar-refractivity contribution in [3.8, 4) is 0 Å². The maximum absolute atomic E-state index is 11.9. The van der Waals surface area contributed by atoms with Crippen LogP contribution in [0.2, 0.25) is 4.34 Å². The third-order valence-electron chi connectivity index (χ3n) is 2.54. The summed E-state index contributed by atoms with van der Waals surface area (Å²) in [5, 5.41) is 0. The van der Waals surface area contributed by atoms with E-state index in [-0.39, 0.29) is 11.9 Å². The Morgan fingerprint density at radius 2 is 2.29 bits per heavy atom. The predicted octanol–water partition coefficient (Wildman–Crippen LogP) is 2.88. The molecule has 2 N–H and O–H groups in total. The van der Waals surface area contributed by atoms with Crippen LogP contribution in [0.15, 0.2) is 12.1 Å². The molecule has 3 nitrogen and oxygen atoms in total. The SMILES string of the molecule is CCCC(N)CC(=O)N(C)Cc1ccc(Cl)s1. The van der Waals surface area contributed by atoms with Gasteiger partial charge in [0.1, 0.15) is 0 Å². The molecule has 0 aromatic carbocycles. The van der Waals surface area contributed by atoms with Crippen LogP contribution in [-0.2, 0) is 11.3 Å². The van der Waals surface area contributed by atoms with Gasteiger partial charge < -0.3 is 10.6 Å². The van der Waals surface area contributed by atoms with Gasteiger partial charge in [0.15, 0.2) is 0 Å². The van der Waals surface area contributed by atoms with Gasteiger partial charge in [0, 0.05) is 24.4 Å². The van der Waals surface area contributed by atoms with Crippen molar-refractivity contribution in [2.75, 3.05) is 7.05 Å². The number of nitrogens with two attached hydrogens (primary N) is 1. The molecular weight excluding hydrogens is 256 g/mol. The van der Waals surface area contributed by atoms with E-state index in [9.17, 15) is 4.79 Å². The monoisotopic (exact) mass is 274 g/mol. The molecule has 0 saturated carbocycles. The summed E-state index contributed by atoms with van der Waals surface area (Å²) in [7, 11) is 1.80. The fraction of sp³-hybridized carbons (Fsp3) is 0.583. The van der Waals surface area contributed by atoms with Crippen molar-refractivity contribution in [2.45, 2.75) is 38.8 Å². The summed E-state index contributed by atoms with van der Waals surface area (Å²) in [6.45, 7) is 2.68. The maximum Gasteiger partial charge on any atom is 0.224 e. The first-order chi connectivity index (χ1) is 8.02. The minimum Gasteiger partial charge on any atom is -0.341 e. The normalized spacial score (nSPS) is 12.5. The van der Waals surface area contributed by atoms with E-state index in [1.807, 2.05) is 12.1 Å². The topological polar surface area (TPSA) is 46.3 Å². The van der Waals surface area contributed by atoms with Gasteiger partial charge in [0.25, 0.3) is 0 Å². The Morgan fingerprint density at radius 3 is 2.82 bits per heavy atom. The Hall–Kier alpha value is -0.580. The Bertz CT molecular complexity index is 367. The first-order valence-electron chi connectivity index (χ1n) is 5.76. The number of amides is 1. The van der Waals surface area contributed by atoms with Gasteiger partial charge in [0.2, 0.25) is 5.91 Å². The zero-order valence-corrected chi connectivity index (χ0v) is 11.9. The fourth-order valence-electron chi connectivity index (χ4n) is 1.61. The summed E-state index contributed by atoms with van der Waals surface area (Å²) in [4.78, 5) is 14.7. The lowest BCUT2D eigenvalue weighted by Crippen LogP contribution is -2.32. The van der Waals surface area contributed by atoms with Crippen LogP contribution in [-0.4, -0.2) is 23.9 Å². The summed E-state index contributed by atoms with van der Waals surface area (Å²) in [5.41, 5.74) is 5.85. The molecule has 0 bridgehead atoms. The second-order valence-corrected chi connectivity index (χ2v) is 6.01. The molecule has 0 aliphatic heterocycles. The molecule has 5 heteroatoms. The molecule has 1 heterocycles. The molecule has 0 aliphatic carbocycles. The number of thiophene rings is 1. The van der Waals surface area contributed by atoms with Gasteiger partial charge in [-0.3, -0.25) is 4.79 Å². The van der Waals surface area contributed by atoms with Crippen molar-refractivity contribution in [1.29, 1.82) is 0 Å².